The molecule has 12 heteroatoms. The van der Waals surface area contributed by atoms with Gasteiger partial charge in [0.15, 0.2) is 6.04 Å². The van der Waals surface area contributed by atoms with Crippen molar-refractivity contribution in [2.45, 2.75) is 25.3 Å². The molecule has 3 fully saturated rings. The first-order valence-electron chi connectivity index (χ1n) is 12.0. The van der Waals surface area contributed by atoms with Crippen LogP contribution in [0, 0.1) is 22.0 Å². The Bertz CT molecular complexity index is 1080. The van der Waals surface area contributed by atoms with E-state index in [2.05, 4.69) is 5.32 Å². The van der Waals surface area contributed by atoms with Crippen LogP contribution in [-0.2, 0) is 14.4 Å². The first-order chi connectivity index (χ1) is 17.3. The molecule has 0 aromatic heterocycles. The monoisotopic (exact) mass is 499 g/mol. The van der Waals surface area contributed by atoms with Gasteiger partial charge < -0.3 is 20.2 Å². The van der Waals surface area contributed by atoms with Gasteiger partial charge in [0.25, 0.3) is 5.69 Å². The maximum Gasteiger partial charge on any atom is 0.327 e. The minimum atomic E-state index is -1.18. The molecule has 3 aliphatic rings. The standard InChI is InChI=1S/C24H29N5O7/c30-20(5-4-16-2-1-3-18(14-16)29(35)36)26-10-12-27(13-11-26)24(34)28-21(23(32)33)19(22(28)31)15-17-6-8-25-9-7-17/h1-5,14,17,19,21,25H,6-13,15H2,(H,32,33)/b5-4+/t19-,21+/m1/s1. The molecule has 192 valence electrons. The number of non-ortho nitro benzene ring substituents is 1. The molecule has 12 nitrogen and oxygen atoms in total. The molecule has 0 radical (unpaired) electrons. The van der Waals surface area contributed by atoms with Crippen molar-refractivity contribution in [2.75, 3.05) is 39.3 Å². The summed E-state index contributed by atoms with van der Waals surface area (Å²) in [6.07, 6.45) is 5.05. The Labute approximate surface area is 207 Å². The van der Waals surface area contributed by atoms with Gasteiger partial charge in [0.05, 0.1) is 10.8 Å². The summed E-state index contributed by atoms with van der Waals surface area (Å²) in [6.45, 7) is 2.48. The Morgan fingerprint density at radius 3 is 2.42 bits per heavy atom. The van der Waals surface area contributed by atoms with E-state index in [4.69, 9.17) is 0 Å². The van der Waals surface area contributed by atoms with E-state index in [1.165, 1.54) is 40.2 Å². The maximum absolute atomic E-state index is 13.0. The molecule has 3 heterocycles. The Balaban J connectivity index is 1.31. The van der Waals surface area contributed by atoms with Crippen LogP contribution in [0.2, 0.25) is 0 Å². The lowest BCUT2D eigenvalue weighted by Gasteiger charge is -2.47. The second kappa shape index (κ2) is 10.9. The minimum Gasteiger partial charge on any atom is -0.480 e. The summed E-state index contributed by atoms with van der Waals surface area (Å²) >= 11 is 0. The number of carboxylic acid groups (broad SMARTS) is 1. The number of nitrogens with one attached hydrogen (secondary N) is 1. The van der Waals surface area contributed by atoms with Gasteiger partial charge in [-0.3, -0.25) is 19.7 Å². The Morgan fingerprint density at radius 2 is 1.78 bits per heavy atom. The van der Waals surface area contributed by atoms with Crippen molar-refractivity contribution in [1.82, 2.24) is 20.0 Å². The van der Waals surface area contributed by atoms with Crippen LogP contribution in [0.4, 0.5) is 10.5 Å². The number of piperidine rings is 1. The summed E-state index contributed by atoms with van der Waals surface area (Å²) in [6, 6.07) is 4.12. The number of β-lactam (4-membered cyclic amide) rings is 1. The van der Waals surface area contributed by atoms with Crippen molar-refractivity contribution >= 4 is 35.6 Å². The molecular weight excluding hydrogens is 470 g/mol. The highest BCUT2D eigenvalue weighted by molar-refractivity contribution is 6.07. The molecule has 3 saturated heterocycles. The number of aliphatic carboxylic acids is 1. The Morgan fingerprint density at radius 1 is 1.11 bits per heavy atom. The molecule has 2 atom stereocenters. The molecule has 36 heavy (non-hydrogen) atoms. The smallest absolute Gasteiger partial charge is 0.327 e. The van der Waals surface area contributed by atoms with Gasteiger partial charge in [-0.15, -0.1) is 0 Å². The second-order valence-corrected chi connectivity index (χ2v) is 9.31. The summed E-state index contributed by atoms with van der Waals surface area (Å²) < 4.78 is 0. The minimum absolute atomic E-state index is 0.0741. The number of nitro benzene ring substituents is 1. The number of nitrogens with zero attached hydrogens (tertiary/aromatic N) is 4. The number of rotatable bonds is 6. The zero-order valence-electron chi connectivity index (χ0n) is 19.7. The van der Waals surface area contributed by atoms with Crippen LogP contribution >= 0.6 is 0 Å². The number of piperazine rings is 1. The molecule has 0 aliphatic carbocycles. The lowest BCUT2D eigenvalue weighted by atomic mass is 9.78. The number of likely N-dealkylation sites (tertiary alicyclic amines) is 1. The largest absolute Gasteiger partial charge is 0.480 e. The average molecular weight is 500 g/mol. The van der Waals surface area contributed by atoms with Crippen LogP contribution in [0.25, 0.3) is 6.08 Å². The summed E-state index contributed by atoms with van der Waals surface area (Å²) in [5.41, 5.74) is 0.441. The fourth-order valence-corrected chi connectivity index (χ4v) is 5.04. The van der Waals surface area contributed by atoms with Gasteiger partial charge in [0, 0.05) is 44.4 Å². The number of urea groups is 1. The van der Waals surface area contributed by atoms with E-state index in [1.54, 1.807) is 6.07 Å². The van der Waals surface area contributed by atoms with Crippen molar-refractivity contribution < 1.29 is 29.2 Å². The second-order valence-electron chi connectivity index (χ2n) is 9.31. The van der Waals surface area contributed by atoms with Crippen LogP contribution in [0.1, 0.15) is 24.8 Å². The highest BCUT2D eigenvalue weighted by atomic mass is 16.6. The van der Waals surface area contributed by atoms with Crippen molar-refractivity contribution in [3.8, 4) is 0 Å². The molecule has 4 amide bonds. The topological polar surface area (TPSA) is 153 Å². The number of carbonyl (C=O) groups is 4. The van der Waals surface area contributed by atoms with E-state index in [9.17, 15) is 34.4 Å². The first kappa shape index (κ1) is 25.3. The summed E-state index contributed by atoms with van der Waals surface area (Å²) in [7, 11) is 0. The molecular formula is C24H29N5O7. The van der Waals surface area contributed by atoms with Gasteiger partial charge in [-0.1, -0.05) is 12.1 Å². The molecule has 0 spiro atoms. The van der Waals surface area contributed by atoms with Crippen LogP contribution in [-0.4, -0.2) is 93.9 Å². The normalized spacial score (nSPS) is 23.0. The van der Waals surface area contributed by atoms with E-state index >= 15 is 0 Å². The number of imide groups is 1. The number of carboxylic acids is 1. The van der Waals surface area contributed by atoms with Gasteiger partial charge in [-0.05, 0) is 49.9 Å². The van der Waals surface area contributed by atoms with Gasteiger partial charge in [-0.2, -0.15) is 0 Å². The van der Waals surface area contributed by atoms with Crippen molar-refractivity contribution in [1.29, 1.82) is 0 Å². The Hall–Kier alpha value is -3.80. The van der Waals surface area contributed by atoms with Gasteiger partial charge in [0.1, 0.15) is 0 Å². The predicted molar refractivity (Wildman–Crippen MR) is 128 cm³/mol. The third kappa shape index (κ3) is 5.38. The third-order valence-electron chi connectivity index (χ3n) is 7.08. The van der Waals surface area contributed by atoms with Gasteiger partial charge in [0.2, 0.25) is 11.8 Å². The fourth-order valence-electron chi connectivity index (χ4n) is 5.04. The zero-order chi connectivity index (χ0) is 25.8. The highest BCUT2D eigenvalue weighted by Gasteiger charge is 2.56. The summed E-state index contributed by atoms with van der Waals surface area (Å²) in [4.78, 5) is 64.4. The van der Waals surface area contributed by atoms with E-state index in [0.717, 1.165) is 30.8 Å². The Kier molecular flexibility index (Phi) is 7.63. The van der Waals surface area contributed by atoms with Gasteiger partial charge in [-0.25, -0.2) is 14.5 Å². The highest BCUT2D eigenvalue weighted by Crippen LogP contribution is 2.35. The van der Waals surface area contributed by atoms with Crippen molar-refractivity contribution in [2.24, 2.45) is 11.8 Å². The van der Waals surface area contributed by atoms with E-state index in [0.29, 0.717) is 12.0 Å². The number of carbonyl (C=O) groups excluding carboxylic acids is 3. The van der Waals surface area contributed by atoms with E-state index < -0.39 is 34.8 Å². The number of hydrogen-bond donors (Lipinski definition) is 2. The third-order valence-corrected chi connectivity index (χ3v) is 7.08. The lowest BCUT2D eigenvalue weighted by molar-refractivity contribution is -0.384. The predicted octanol–water partition coefficient (Wildman–Crippen LogP) is 1.17. The van der Waals surface area contributed by atoms with Crippen LogP contribution in [0.5, 0.6) is 0 Å². The molecule has 2 N–H and O–H groups in total. The molecule has 1 aromatic rings. The SMILES string of the molecule is O=C(O)[C@@H]1[C@@H](CC2CCNCC2)C(=O)N1C(=O)N1CCN(C(=O)/C=C/c2cccc([N+](=O)[O-])c2)CC1. The summed E-state index contributed by atoms with van der Waals surface area (Å²) in [5, 5.41) is 23.9. The van der Waals surface area contributed by atoms with Crippen LogP contribution in [0.3, 0.4) is 0 Å². The van der Waals surface area contributed by atoms with Crippen LogP contribution < -0.4 is 5.32 Å². The zero-order valence-corrected chi connectivity index (χ0v) is 19.7. The van der Waals surface area contributed by atoms with E-state index in [-0.39, 0.29) is 43.7 Å². The molecule has 0 saturated carbocycles. The molecule has 1 aromatic carbocycles. The van der Waals surface area contributed by atoms with Crippen molar-refractivity contribution in [3.63, 3.8) is 0 Å². The fraction of sp³-hybridized carbons (Fsp3) is 0.500. The average Bonchev–Trinajstić information content (AvgIpc) is 2.89. The quantitative estimate of drug-likeness (QED) is 0.256. The number of nitro groups is 1. The first-order valence-corrected chi connectivity index (χ1v) is 12.0. The van der Waals surface area contributed by atoms with Gasteiger partial charge >= 0.3 is 12.0 Å². The molecule has 0 bridgehead atoms. The molecule has 0 unspecified atom stereocenters. The van der Waals surface area contributed by atoms with Crippen molar-refractivity contribution in [3.05, 3.63) is 46.0 Å². The molecule has 3 aliphatic heterocycles. The lowest BCUT2D eigenvalue weighted by Crippen LogP contribution is -2.69. The number of benzene rings is 1. The summed E-state index contributed by atoms with van der Waals surface area (Å²) in [5.74, 6) is -2.34. The maximum atomic E-state index is 13.0. The number of amides is 4. The molecule has 4 rings (SSSR count). The van der Waals surface area contributed by atoms with Crippen LogP contribution in [0.15, 0.2) is 30.3 Å². The number of hydrogen-bond acceptors (Lipinski definition) is 7. The van der Waals surface area contributed by atoms with E-state index in [1.807, 2.05) is 0 Å².